The lowest BCUT2D eigenvalue weighted by molar-refractivity contribution is -0.137. The zero-order valence-electron chi connectivity index (χ0n) is 18.3. The number of anilines is 1. The van der Waals surface area contributed by atoms with Crippen LogP contribution >= 0.6 is 0 Å². The first kappa shape index (κ1) is 24.1. The van der Waals surface area contributed by atoms with Gasteiger partial charge in [-0.3, -0.25) is 4.79 Å². The van der Waals surface area contributed by atoms with E-state index in [1.165, 1.54) is 37.4 Å². The molecular weight excluding hydrogens is 467 g/mol. The van der Waals surface area contributed by atoms with Crippen LogP contribution in [-0.4, -0.2) is 55.0 Å². The highest BCUT2D eigenvalue weighted by Crippen LogP contribution is 2.37. The minimum Gasteiger partial charge on any atom is -0.487 e. The van der Waals surface area contributed by atoms with E-state index in [2.05, 4.69) is 20.4 Å². The summed E-state index contributed by atoms with van der Waals surface area (Å²) in [5.41, 5.74) is -1.05. The van der Waals surface area contributed by atoms with Crippen LogP contribution in [0.15, 0.2) is 54.7 Å². The third kappa shape index (κ3) is 5.08. The predicted octanol–water partition coefficient (Wildman–Crippen LogP) is 3.10. The molecule has 3 N–H and O–H groups in total. The molecule has 0 radical (unpaired) electrons. The third-order valence-corrected chi connectivity index (χ3v) is 5.00. The maximum absolute atomic E-state index is 13.7. The maximum atomic E-state index is 13.7. The molecule has 4 aromatic rings. The van der Waals surface area contributed by atoms with E-state index in [1.54, 1.807) is 18.2 Å². The van der Waals surface area contributed by atoms with Crippen molar-refractivity contribution in [2.24, 2.45) is 0 Å². The van der Waals surface area contributed by atoms with Gasteiger partial charge in [0, 0.05) is 17.8 Å². The topological polar surface area (TPSA) is 122 Å². The maximum Gasteiger partial charge on any atom is 0.417 e. The fourth-order valence-corrected chi connectivity index (χ4v) is 3.40. The molecule has 0 aliphatic carbocycles. The van der Waals surface area contributed by atoms with Crippen LogP contribution in [0.3, 0.4) is 0 Å². The van der Waals surface area contributed by atoms with Crippen molar-refractivity contribution >= 4 is 17.4 Å². The van der Waals surface area contributed by atoms with Crippen LogP contribution in [0.25, 0.3) is 16.9 Å². The number of amides is 1. The molecule has 9 nitrogen and oxygen atoms in total. The van der Waals surface area contributed by atoms with Crippen molar-refractivity contribution in [3.05, 3.63) is 71.7 Å². The number of hydrogen-bond donors (Lipinski definition) is 3. The number of alkyl halides is 3. The number of rotatable bonds is 7. The van der Waals surface area contributed by atoms with Crippen molar-refractivity contribution in [2.45, 2.75) is 19.2 Å². The summed E-state index contributed by atoms with van der Waals surface area (Å²) in [5, 5.41) is 25.7. The van der Waals surface area contributed by atoms with Crippen LogP contribution in [0.5, 0.6) is 5.75 Å². The molecule has 0 unspecified atom stereocenters. The van der Waals surface area contributed by atoms with E-state index in [1.807, 2.05) is 0 Å². The van der Waals surface area contributed by atoms with Crippen molar-refractivity contribution in [3.8, 4) is 17.0 Å². The molecule has 3 aromatic heterocycles. The zero-order valence-corrected chi connectivity index (χ0v) is 18.3. The Morgan fingerprint density at radius 3 is 2.63 bits per heavy atom. The smallest absolute Gasteiger partial charge is 0.417 e. The number of aliphatic hydroxyl groups excluding tert-OH is 2. The summed E-state index contributed by atoms with van der Waals surface area (Å²) in [5.74, 6) is -0.406. The second-order valence-corrected chi connectivity index (χ2v) is 7.53. The minimum atomic E-state index is -4.66. The van der Waals surface area contributed by atoms with Crippen LogP contribution in [0, 0.1) is 6.92 Å². The summed E-state index contributed by atoms with van der Waals surface area (Å²) in [6, 6.07) is 11.0. The van der Waals surface area contributed by atoms with Gasteiger partial charge in [0.15, 0.2) is 17.1 Å². The molecule has 182 valence electrons. The fraction of sp³-hybridized carbons (Fsp3) is 0.217. The average molecular weight is 487 g/mol. The van der Waals surface area contributed by atoms with E-state index in [0.29, 0.717) is 0 Å². The number of hydrogen-bond acceptors (Lipinski definition) is 7. The Labute approximate surface area is 196 Å². The van der Waals surface area contributed by atoms with E-state index in [0.717, 1.165) is 10.6 Å². The van der Waals surface area contributed by atoms with Crippen molar-refractivity contribution in [3.63, 3.8) is 0 Å². The predicted molar refractivity (Wildman–Crippen MR) is 119 cm³/mol. The Morgan fingerprint density at radius 1 is 1.20 bits per heavy atom. The first-order valence-electron chi connectivity index (χ1n) is 10.4. The number of pyridine rings is 1. The number of aromatic nitrogens is 4. The molecule has 0 saturated heterocycles. The van der Waals surface area contributed by atoms with Crippen LogP contribution in [0.4, 0.5) is 19.0 Å². The Bertz CT molecular complexity index is 1360. The summed E-state index contributed by atoms with van der Waals surface area (Å²) in [6.07, 6.45) is -4.41. The van der Waals surface area contributed by atoms with Crippen molar-refractivity contribution in [1.29, 1.82) is 0 Å². The van der Waals surface area contributed by atoms with Gasteiger partial charge >= 0.3 is 6.18 Å². The summed E-state index contributed by atoms with van der Waals surface area (Å²) in [4.78, 5) is 21.4. The molecule has 0 aliphatic rings. The molecule has 12 heteroatoms. The number of imidazole rings is 1. The van der Waals surface area contributed by atoms with Crippen LogP contribution in [0.1, 0.15) is 21.7 Å². The summed E-state index contributed by atoms with van der Waals surface area (Å²) >= 11 is 0. The second kappa shape index (κ2) is 9.68. The van der Waals surface area contributed by atoms with Crippen LogP contribution in [-0.2, 0) is 6.18 Å². The van der Waals surface area contributed by atoms with E-state index in [-0.39, 0.29) is 46.5 Å². The molecule has 1 atom stereocenters. The highest BCUT2D eigenvalue weighted by atomic mass is 19.4. The molecule has 35 heavy (non-hydrogen) atoms. The van der Waals surface area contributed by atoms with Crippen molar-refractivity contribution in [2.75, 3.05) is 18.5 Å². The molecule has 0 spiro atoms. The molecule has 0 bridgehead atoms. The molecule has 3 heterocycles. The summed E-state index contributed by atoms with van der Waals surface area (Å²) < 4.78 is 47.7. The Kier molecular flexibility index (Phi) is 6.67. The third-order valence-electron chi connectivity index (χ3n) is 5.00. The number of carbonyl (C=O) groups excluding carboxylic acids is 1. The number of aryl methyl sites for hydroxylation is 1. The fourth-order valence-electron chi connectivity index (χ4n) is 3.40. The lowest BCUT2D eigenvalue weighted by atomic mass is 10.0. The van der Waals surface area contributed by atoms with Crippen molar-refractivity contribution < 1.29 is 32.9 Å². The quantitative estimate of drug-likeness (QED) is 0.366. The number of nitrogens with zero attached hydrogens (tertiary/aromatic N) is 4. The highest BCUT2D eigenvalue weighted by Gasteiger charge is 2.34. The molecule has 4 rings (SSSR count). The molecule has 0 fully saturated rings. The van der Waals surface area contributed by atoms with Crippen LogP contribution in [0.2, 0.25) is 0 Å². The molecule has 1 amide bonds. The van der Waals surface area contributed by atoms with E-state index >= 15 is 0 Å². The van der Waals surface area contributed by atoms with E-state index < -0.39 is 30.4 Å². The normalized spacial score (nSPS) is 12.5. The summed E-state index contributed by atoms with van der Waals surface area (Å²) in [7, 11) is 0. The van der Waals surface area contributed by atoms with Gasteiger partial charge in [-0.1, -0.05) is 24.3 Å². The van der Waals surface area contributed by atoms with Gasteiger partial charge in [-0.05, 0) is 25.1 Å². The average Bonchev–Trinajstić information content (AvgIpc) is 3.18. The molecule has 0 saturated carbocycles. The van der Waals surface area contributed by atoms with Gasteiger partial charge in [0.05, 0.1) is 23.6 Å². The van der Waals surface area contributed by atoms with Crippen LogP contribution < -0.4 is 10.1 Å². The zero-order chi connectivity index (χ0) is 25.2. The monoisotopic (exact) mass is 487 g/mol. The highest BCUT2D eigenvalue weighted by molar-refractivity contribution is 6.04. The number of fused-ring (bicyclic) bond motifs is 1. The lowest BCUT2D eigenvalue weighted by Crippen LogP contribution is -2.22. The van der Waals surface area contributed by atoms with Gasteiger partial charge in [0.25, 0.3) is 5.91 Å². The molecule has 0 aliphatic heterocycles. The Hall–Kier alpha value is -4.03. The second-order valence-electron chi connectivity index (χ2n) is 7.53. The Morgan fingerprint density at radius 2 is 1.94 bits per heavy atom. The minimum absolute atomic E-state index is 0.0283. The number of halogens is 3. The number of ether oxygens (including phenoxy) is 1. The SMILES string of the molecule is Cc1nc2c(OC[C@H](O)CO)cc(-c3ccccc3C(F)(F)F)nn2c1C(=O)Nc1ccccn1. The summed E-state index contributed by atoms with van der Waals surface area (Å²) in [6.45, 7) is 0.589. The van der Waals surface area contributed by atoms with Gasteiger partial charge in [0.1, 0.15) is 18.5 Å². The van der Waals surface area contributed by atoms with E-state index in [9.17, 15) is 23.1 Å². The number of aliphatic hydroxyl groups is 2. The van der Waals surface area contributed by atoms with Crippen molar-refractivity contribution in [1.82, 2.24) is 19.6 Å². The number of benzene rings is 1. The van der Waals surface area contributed by atoms with Gasteiger partial charge < -0.3 is 20.3 Å². The van der Waals surface area contributed by atoms with E-state index in [4.69, 9.17) is 9.84 Å². The van der Waals surface area contributed by atoms with Gasteiger partial charge in [-0.25, -0.2) is 14.5 Å². The van der Waals surface area contributed by atoms with Gasteiger partial charge in [-0.15, -0.1) is 0 Å². The van der Waals surface area contributed by atoms with Gasteiger partial charge in [-0.2, -0.15) is 18.3 Å². The lowest BCUT2D eigenvalue weighted by Gasteiger charge is -2.15. The number of nitrogens with one attached hydrogen (secondary N) is 1. The largest absolute Gasteiger partial charge is 0.487 e. The number of carbonyl (C=O) groups is 1. The Balaban J connectivity index is 1.89. The molecule has 1 aromatic carbocycles. The standard InChI is InChI=1S/C23H20F3N5O4/c1-13-20(22(34)29-19-8-4-5-9-27-19)31-21(28-13)18(35-12-14(33)11-32)10-17(30-31)15-6-2-3-7-16(15)23(24,25)26/h2-10,14,32-33H,11-12H2,1H3,(H,27,29,34)/t14-/m1/s1. The first-order valence-corrected chi connectivity index (χ1v) is 10.4. The van der Waals surface area contributed by atoms with Gasteiger partial charge in [0.2, 0.25) is 0 Å². The first-order chi connectivity index (χ1) is 16.7. The molecular formula is C23H20F3N5O4.